The van der Waals surface area contributed by atoms with Crippen LogP contribution in [0.5, 0.6) is 5.75 Å². The standard InChI is InChI=1S/C24H20N4O4S/c1-32-20-10-8-15(21(25)29)11-19(20)26-22(30)16-7-9-17-18(12-16)27-24(33)28(23(17)31)13-14-5-3-2-4-6-14/h2-12H,13H2,1H3,(H2,25,29)(H,26,30)(H,27,33). The third-order valence-corrected chi connectivity index (χ3v) is 5.48. The molecule has 1 heterocycles. The first-order valence-electron chi connectivity index (χ1n) is 9.97. The highest BCUT2D eigenvalue weighted by molar-refractivity contribution is 7.71. The highest BCUT2D eigenvalue weighted by atomic mass is 32.1. The number of hydrogen-bond acceptors (Lipinski definition) is 5. The van der Waals surface area contributed by atoms with Crippen LogP contribution < -0.4 is 21.3 Å². The number of nitrogens with two attached hydrogens (primary N) is 1. The number of methoxy groups -OCH3 is 1. The summed E-state index contributed by atoms with van der Waals surface area (Å²) in [4.78, 5) is 40.4. The van der Waals surface area contributed by atoms with Gasteiger partial charge < -0.3 is 20.8 Å². The van der Waals surface area contributed by atoms with Gasteiger partial charge in [-0.05, 0) is 54.2 Å². The van der Waals surface area contributed by atoms with E-state index in [1.54, 1.807) is 24.3 Å². The van der Waals surface area contributed by atoms with E-state index in [2.05, 4.69) is 10.3 Å². The number of nitrogens with zero attached hydrogens (tertiary/aromatic N) is 1. The zero-order valence-corrected chi connectivity index (χ0v) is 18.4. The van der Waals surface area contributed by atoms with Crippen LogP contribution in [0.15, 0.2) is 71.5 Å². The van der Waals surface area contributed by atoms with Crippen molar-refractivity contribution in [1.82, 2.24) is 9.55 Å². The molecule has 0 atom stereocenters. The predicted octanol–water partition coefficient (Wildman–Crippen LogP) is 3.47. The van der Waals surface area contributed by atoms with E-state index in [1.165, 1.54) is 23.8 Å². The van der Waals surface area contributed by atoms with E-state index in [0.29, 0.717) is 34.4 Å². The maximum atomic E-state index is 13.0. The van der Waals surface area contributed by atoms with Gasteiger partial charge in [-0.15, -0.1) is 0 Å². The molecule has 0 saturated carbocycles. The van der Waals surface area contributed by atoms with Gasteiger partial charge in [0.15, 0.2) is 4.77 Å². The van der Waals surface area contributed by atoms with Crippen LogP contribution in [0, 0.1) is 4.77 Å². The number of aromatic nitrogens is 2. The van der Waals surface area contributed by atoms with Gasteiger partial charge in [0.25, 0.3) is 11.5 Å². The maximum Gasteiger partial charge on any atom is 0.262 e. The van der Waals surface area contributed by atoms with Crippen molar-refractivity contribution in [3.05, 3.63) is 98.5 Å². The van der Waals surface area contributed by atoms with Crippen molar-refractivity contribution >= 4 is 40.6 Å². The second kappa shape index (κ2) is 9.09. The Hall–Kier alpha value is -4.24. The first-order chi connectivity index (χ1) is 15.9. The highest BCUT2D eigenvalue weighted by Gasteiger charge is 2.14. The molecule has 8 nitrogen and oxygen atoms in total. The van der Waals surface area contributed by atoms with Crippen LogP contribution in [-0.2, 0) is 6.54 Å². The lowest BCUT2D eigenvalue weighted by molar-refractivity contribution is 0.0996. The van der Waals surface area contributed by atoms with Crippen LogP contribution in [0.2, 0.25) is 0 Å². The molecule has 3 aromatic carbocycles. The first kappa shape index (κ1) is 22.0. The number of amides is 2. The molecule has 33 heavy (non-hydrogen) atoms. The van der Waals surface area contributed by atoms with E-state index in [0.717, 1.165) is 5.56 Å². The Bertz CT molecular complexity index is 1490. The zero-order chi connectivity index (χ0) is 23.5. The van der Waals surface area contributed by atoms with Crippen molar-refractivity contribution in [2.75, 3.05) is 12.4 Å². The summed E-state index contributed by atoms with van der Waals surface area (Å²) in [5.41, 5.74) is 7.29. The molecule has 0 saturated heterocycles. The number of fused-ring (bicyclic) bond motifs is 1. The van der Waals surface area contributed by atoms with Crippen LogP contribution >= 0.6 is 12.2 Å². The van der Waals surface area contributed by atoms with Crippen LogP contribution in [0.4, 0.5) is 5.69 Å². The third-order valence-electron chi connectivity index (χ3n) is 5.16. The Morgan fingerprint density at radius 3 is 2.48 bits per heavy atom. The van der Waals surface area contributed by atoms with Gasteiger partial charge in [-0.3, -0.25) is 19.0 Å². The number of rotatable bonds is 6. The summed E-state index contributed by atoms with van der Waals surface area (Å²) in [6, 6.07) is 18.7. The number of primary amides is 1. The van der Waals surface area contributed by atoms with Crippen molar-refractivity contribution in [2.45, 2.75) is 6.54 Å². The molecule has 0 spiro atoms. The van der Waals surface area contributed by atoms with Crippen molar-refractivity contribution in [3.8, 4) is 5.75 Å². The summed E-state index contributed by atoms with van der Waals surface area (Å²) in [5.74, 6) is -0.708. The number of nitrogens with one attached hydrogen (secondary N) is 2. The number of carbonyl (C=O) groups is 2. The maximum absolute atomic E-state index is 13.0. The summed E-state index contributed by atoms with van der Waals surface area (Å²) in [7, 11) is 1.45. The van der Waals surface area contributed by atoms with Crippen LogP contribution in [0.1, 0.15) is 26.3 Å². The monoisotopic (exact) mass is 460 g/mol. The second-order valence-corrected chi connectivity index (χ2v) is 7.69. The average Bonchev–Trinajstić information content (AvgIpc) is 2.82. The van der Waals surface area contributed by atoms with Crippen LogP contribution in [0.3, 0.4) is 0 Å². The molecule has 1 aromatic heterocycles. The molecule has 4 N–H and O–H groups in total. The largest absolute Gasteiger partial charge is 0.495 e. The molecule has 0 bridgehead atoms. The number of aromatic amines is 1. The molecule has 0 aliphatic rings. The van der Waals surface area contributed by atoms with Gasteiger partial charge in [0, 0.05) is 11.1 Å². The van der Waals surface area contributed by atoms with E-state index in [1.807, 2.05) is 30.3 Å². The number of benzene rings is 3. The molecule has 4 aromatic rings. The Labute approximate surface area is 193 Å². The normalized spacial score (nSPS) is 10.7. The number of carbonyl (C=O) groups excluding carboxylic acids is 2. The summed E-state index contributed by atoms with van der Waals surface area (Å²) >= 11 is 5.40. The second-order valence-electron chi connectivity index (χ2n) is 7.30. The van der Waals surface area contributed by atoms with E-state index >= 15 is 0 Å². The Morgan fingerprint density at radius 2 is 1.79 bits per heavy atom. The van der Waals surface area contributed by atoms with Gasteiger partial charge in [-0.2, -0.15) is 0 Å². The van der Waals surface area contributed by atoms with E-state index in [9.17, 15) is 14.4 Å². The van der Waals surface area contributed by atoms with E-state index in [-0.39, 0.29) is 15.9 Å². The van der Waals surface area contributed by atoms with Gasteiger partial charge in [0.05, 0.1) is 30.2 Å². The third kappa shape index (κ3) is 4.53. The lowest BCUT2D eigenvalue weighted by Gasteiger charge is -2.12. The summed E-state index contributed by atoms with van der Waals surface area (Å²) in [6.07, 6.45) is 0. The SMILES string of the molecule is COc1ccc(C(N)=O)cc1NC(=O)c1ccc2c(=O)n(Cc3ccccc3)c(=S)[nH]c2c1. The lowest BCUT2D eigenvalue weighted by atomic mass is 10.1. The molecular weight excluding hydrogens is 440 g/mol. The molecule has 9 heteroatoms. The average molecular weight is 461 g/mol. The Kier molecular flexibility index (Phi) is 6.05. The molecule has 0 aliphatic heterocycles. The van der Waals surface area contributed by atoms with Gasteiger partial charge in [-0.1, -0.05) is 30.3 Å². The lowest BCUT2D eigenvalue weighted by Crippen LogP contribution is -2.23. The minimum absolute atomic E-state index is 0.229. The number of anilines is 1. The minimum atomic E-state index is -0.627. The molecule has 2 amide bonds. The number of hydrogen-bond donors (Lipinski definition) is 3. The summed E-state index contributed by atoms with van der Waals surface area (Å²) < 4.78 is 6.98. The Balaban J connectivity index is 1.67. The molecular formula is C24H20N4O4S. The van der Waals surface area contributed by atoms with Crippen molar-refractivity contribution in [1.29, 1.82) is 0 Å². The zero-order valence-electron chi connectivity index (χ0n) is 17.6. The van der Waals surface area contributed by atoms with Gasteiger partial charge in [-0.25, -0.2) is 0 Å². The topological polar surface area (TPSA) is 119 Å². The molecule has 0 radical (unpaired) electrons. The van der Waals surface area contributed by atoms with Gasteiger partial charge >= 0.3 is 0 Å². The Morgan fingerprint density at radius 1 is 1.06 bits per heavy atom. The first-order valence-corrected chi connectivity index (χ1v) is 10.4. The van der Waals surface area contributed by atoms with Crippen molar-refractivity contribution in [2.24, 2.45) is 5.73 Å². The number of H-pyrrole nitrogens is 1. The fourth-order valence-corrected chi connectivity index (χ4v) is 3.72. The molecule has 166 valence electrons. The van der Waals surface area contributed by atoms with Gasteiger partial charge in [0.1, 0.15) is 5.75 Å². The number of ether oxygens (including phenoxy) is 1. The predicted molar refractivity (Wildman–Crippen MR) is 128 cm³/mol. The fraction of sp³-hybridized carbons (Fsp3) is 0.0833. The molecule has 0 aliphatic carbocycles. The van der Waals surface area contributed by atoms with Gasteiger partial charge in [0.2, 0.25) is 5.91 Å². The van der Waals surface area contributed by atoms with Crippen LogP contribution in [0.25, 0.3) is 10.9 Å². The summed E-state index contributed by atoms with van der Waals surface area (Å²) in [5, 5.41) is 3.12. The minimum Gasteiger partial charge on any atom is -0.495 e. The molecule has 4 rings (SSSR count). The van der Waals surface area contributed by atoms with E-state index < -0.39 is 11.8 Å². The van der Waals surface area contributed by atoms with E-state index in [4.69, 9.17) is 22.7 Å². The summed E-state index contributed by atoms with van der Waals surface area (Å²) in [6.45, 7) is 0.336. The smallest absolute Gasteiger partial charge is 0.262 e. The van der Waals surface area contributed by atoms with Crippen molar-refractivity contribution in [3.63, 3.8) is 0 Å². The van der Waals surface area contributed by atoms with Crippen molar-refractivity contribution < 1.29 is 14.3 Å². The fourth-order valence-electron chi connectivity index (χ4n) is 3.46. The molecule has 0 unspecified atom stereocenters. The quantitative estimate of drug-likeness (QED) is 0.381. The highest BCUT2D eigenvalue weighted by Crippen LogP contribution is 2.26. The molecule has 0 fully saturated rings. The van der Waals surface area contributed by atoms with Crippen LogP contribution in [-0.4, -0.2) is 28.5 Å².